The number of hydrogen-bond donors (Lipinski definition) is 0. The lowest BCUT2D eigenvalue weighted by molar-refractivity contribution is 0.224. The number of aryl methyl sites for hydroxylation is 1. The molecule has 0 aliphatic heterocycles. The first-order valence-corrected chi connectivity index (χ1v) is 12.4. The highest BCUT2D eigenvalue weighted by atomic mass is 79.9. The van der Waals surface area contributed by atoms with Gasteiger partial charge in [-0.25, -0.2) is 8.78 Å². The van der Waals surface area contributed by atoms with Crippen molar-refractivity contribution in [1.82, 2.24) is 19.7 Å². The standard InChI is InChI=1S/C27H25BrF2N4O/c1-16-27(8-20(28)12-31-16)35-17(2)24-9-21(29)5-6-23(24)25-10-22(30)13-32-26(25)7-19-11-33-34(15-19)14-18-3-4-18/h5-6,8-13,15,17-18H,3-4,7,14H2,1-2H3/t17-/m1/s1. The molecule has 1 atom stereocenters. The van der Waals surface area contributed by atoms with Gasteiger partial charge in [0.25, 0.3) is 0 Å². The van der Waals surface area contributed by atoms with Gasteiger partial charge < -0.3 is 4.74 Å². The van der Waals surface area contributed by atoms with Gasteiger partial charge in [-0.2, -0.15) is 5.10 Å². The molecular formula is C27H25BrF2N4O. The Morgan fingerprint density at radius 3 is 2.69 bits per heavy atom. The predicted molar refractivity (Wildman–Crippen MR) is 133 cm³/mol. The summed E-state index contributed by atoms with van der Waals surface area (Å²) < 4.78 is 37.7. The molecule has 1 aromatic carbocycles. The molecule has 1 saturated carbocycles. The monoisotopic (exact) mass is 538 g/mol. The van der Waals surface area contributed by atoms with Crippen LogP contribution in [0.15, 0.2) is 59.6 Å². The van der Waals surface area contributed by atoms with Crippen LogP contribution < -0.4 is 4.74 Å². The minimum Gasteiger partial charge on any atom is -0.484 e. The lowest BCUT2D eigenvalue weighted by atomic mass is 9.93. The first kappa shape index (κ1) is 23.6. The maximum absolute atomic E-state index is 14.4. The fourth-order valence-electron chi connectivity index (χ4n) is 4.17. The molecule has 5 rings (SSSR count). The Bertz CT molecular complexity index is 1370. The number of ether oxygens (including phenoxy) is 1. The van der Waals surface area contributed by atoms with Gasteiger partial charge in [-0.05, 0) is 83.9 Å². The second-order valence-corrected chi connectivity index (χ2v) is 9.98. The van der Waals surface area contributed by atoms with E-state index in [0.717, 1.165) is 22.5 Å². The van der Waals surface area contributed by atoms with Gasteiger partial charge in [0.1, 0.15) is 23.5 Å². The molecule has 4 aromatic rings. The van der Waals surface area contributed by atoms with Gasteiger partial charge in [0.2, 0.25) is 0 Å². The Morgan fingerprint density at radius 1 is 1.06 bits per heavy atom. The summed E-state index contributed by atoms with van der Waals surface area (Å²) >= 11 is 3.41. The van der Waals surface area contributed by atoms with Crippen molar-refractivity contribution in [2.24, 2.45) is 5.92 Å². The highest BCUT2D eigenvalue weighted by Gasteiger charge is 2.23. The van der Waals surface area contributed by atoms with E-state index in [9.17, 15) is 8.78 Å². The Balaban J connectivity index is 1.49. The number of benzene rings is 1. The molecule has 3 aromatic heterocycles. The van der Waals surface area contributed by atoms with E-state index in [2.05, 4.69) is 31.0 Å². The van der Waals surface area contributed by atoms with Crippen molar-refractivity contribution < 1.29 is 13.5 Å². The summed E-state index contributed by atoms with van der Waals surface area (Å²) in [5.41, 5.74) is 4.28. The van der Waals surface area contributed by atoms with Crippen molar-refractivity contribution in [1.29, 1.82) is 0 Å². The second-order valence-electron chi connectivity index (χ2n) is 9.07. The molecule has 1 fully saturated rings. The van der Waals surface area contributed by atoms with E-state index < -0.39 is 17.7 Å². The fourth-order valence-corrected chi connectivity index (χ4v) is 4.49. The molecule has 1 aliphatic carbocycles. The van der Waals surface area contributed by atoms with Crippen LogP contribution >= 0.6 is 15.9 Å². The molecular weight excluding hydrogens is 514 g/mol. The topological polar surface area (TPSA) is 52.8 Å². The molecule has 3 heterocycles. The summed E-state index contributed by atoms with van der Waals surface area (Å²) in [5, 5.41) is 4.47. The largest absolute Gasteiger partial charge is 0.484 e. The fraction of sp³-hybridized carbons (Fsp3) is 0.296. The molecule has 0 N–H and O–H groups in total. The van der Waals surface area contributed by atoms with Gasteiger partial charge in [0, 0.05) is 41.0 Å². The van der Waals surface area contributed by atoms with Crippen molar-refractivity contribution in [3.63, 3.8) is 0 Å². The maximum Gasteiger partial charge on any atom is 0.142 e. The van der Waals surface area contributed by atoms with Gasteiger partial charge in [0.05, 0.1) is 23.8 Å². The van der Waals surface area contributed by atoms with Crippen molar-refractivity contribution in [3.8, 4) is 16.9 Å². The van der Waals surface area contributed by atoms with E-state index in [-0.39, 0.29) is 0 Å². The summed E-state index contributed by atoms with van der Waals surface area (Å²) in [4.78, 5) is 8.71. The molecule has 180 valence electrons. The number of halogens is 3. The molecule has 5 nitrogen and oxygen atoms in total. The third-order valence-corrected chi connectivity index (χ3v) is 6.62. The summed E-state index contributed by atoms with van der Waals surface area (Å²) in [7, 11) is 0. The third kappa shape index (κ3) is 5.59. The third-order valence-electron chi connectivity index (χ3n) is 6.19. The summed E-state index contributed by atoms with van der Waals surface area (Å²) in [6, 6.07) is 7.74. The quantitative estimate of drug-likeness (QED) is 0.246. The van der Waals surface area contributed by atoms with Crippen LogP contribution in [0.4, 0.5) is 8.78 Å². The van der Waals surface area contributed by atoms with E-state index >= 15 is 0 Å². The minimum atomic E-state index is -0.520. The summed E-state index contributed by atoms with van der Waals surface area (Å²) in [6.45, 7) is 4.61. The molecule has 1 aliphatic rings. The zero-order valence-corrected chi connectivity index (χ0v) is 21.1. The predicted octanol–water partition coefficient (Wildman–Crippen LogP) is 6.83. The van der Waals surface area contributed by atoms with Crippen LogP contribution in [-0.4, -0.2) is 19.7 Å². The molecule has 8 heteroatoms. The number of rotatable bonds is 8. The molecule has 0 unspecified atom stereocenters. The minimum absolute atomic E-state index is 0.393. The maximum atomic E-state index is 14.4. The second kappa shape index (κ2) is 9.85. The number of hydrogen-bond acceptors (Lipinski definition) is 4. The van der Waals surface area contributed by atoms with Gasteiger partial charge in [-0.3, -0.25) is 14.6 Å². The number of nitrogens with zero attached hydrogens (tertiary/aromatic N) is 4. The number of aromatic nitrogens is 4. The van der Waals surface area contributed by atoms with Crippen LogP contribution in [0.25, 0.3) is 11.1 Å². The average molecular weight is 539 g/mol. The van der Waals surface area contributed by atoms with E-state index in [1.54, 1.807) is 12.3 Å². The molecule has 0 spiro atoms. The normalized spacial score (nSPS) is 14.2. The SMILES string of the molecule is Cc1ncc(Br)cc1O[C@H](C)c1cc(F)ccc1-c1cc(F)cnc1Cc1cnn(CC2CC2)c1. The lowest BCUT2D eigenvalue weighted by Gasteiger charge is -2.21. The molecule has 0 saturated heterocycles. The zero-order chi connectivity index (χ0) is 24.5. The van der Waals surface area contributed by atoms with E-state index in [1.807, 2.05) is 37.0 Å². The highest BCUT2D eigenvalue weighted by Crippen LogP contribution is 2.35. The molecule has 0 amide bonds. The van der Waals surface area contributed by atoms with Gasteiger partial charge in [-0.15, -0.1) is 0 Å². The first-order valence-electron chi connectivity index (χ1n) is 11.6. The molecule has 0 bridgehead atoms. The Hall–Kier alpha value is -3.13. The van der Waals surface area contributed by atoms with E-state index in [1.165, 1.54) is 37.2 Å². The molecule has 35 heavy (non-hydrogen) atoms. The van der Waals surface area contributed by atoms with Crippen LogP contribution in [0.2, 0.25) is 0 Å². The smallest absolute Gasteiger partial charge is 0.142 e. The number of pyridine rings is 2. The van der Waals surface area contributed by atoms with Crippen molar-refractivity contribution in [2.75, 3.05) is 0 Å². The Labute approximate surface area is 211 Å². The van der Waals surface area contributed by atoms with Crippen LogP contribution in [0, 0.1) is 24.5 Å². The average Bonchev–Trinajstić information content (AvgIpc) is 3.54. The van der Waals surface area contributed by atoms with Gasteiger partial charge in [0.15, 0.2) is 0 Å². The van der Waals surface area contributed by atoms with Gasteiger partial charge >= 0.3 is 0 Å². The van der Waals surface area contributed by atoms with Crippen LogP contribution in [0.3, 0.4) is 0 Å². The van der Waals surface area contributed by atoms with Crippen molar-refractivity contribution >= 4 is 15.9 Å². The molecule has 0 radical (unpaired) electrons. The van der Waals surface area contributed by atoms with Crippen molar-refractivity contribution in [3.05, 3.63) is 93.7 Å². The Kier molecular flexibility index (Phi) is 6.65. The Morgan fingerprint density at radius 2 is 1.89 bits per heavy atom. The van der Waals surface area contributed by atoms with E-state index in [4.69, 9.17) is 4.74 Å². The van der Waals surface area contributed by atoms with Crippen LogP contribution in [0.1, 0.15) is 48.4 Å². The summed E-state index contributed by atoms with van der Waals surface area (Å²) in [6.07, 6.45) is 9.23. The lowest BCUT2D eigenvalue weighted by Crippen LogP contribution is -2.08. The van der Waals surface area contributed by atoms with Crippen molar-refractivity contribution in [2.45, 2.75) is 45.8 Å². The summed E-state index contributed by atoms with van der Waals surface area (Å²) in [5.74, 6) is 0.456. The van der Waals surface area contributed by atoms with E-state index in [0.29, 0.717) is 40.2 Å². The van der Waals surface area contributed by atoms with Crippen LogP contribution in [-0.2, 0) is 13.0 Å². The zero-order valence-electron chi connectivity index (χ0n) is 19.5. The van der Waals surface area contributed by atoms with Crippen LogP contribution in [0.5, 0.6) is 5.75 Å². The highest BCUT2D eigenvalue weighted by molar-refractivity contribution is 9.10. The van der Waals surface area contributed by atoms with Gasteiger partial charge in [-0.1, -0.05) is 6.07 Å². The first-order chi connectivity index (χ1) is 16.9.